The molecule has 0 bridgehead atoms. The van der Waals surface area contributed by atoms with Gasteiger partial charge in [-0.3, -0.25) is 4.79 Å². The summed E-state index contributed by atoms with van der Waals surface area (Å²) in [5, 5.41) is 2.86. The summed E-state index contributed by atoms with van der Waals surface area (Å²) in [5.41, 5.74) is 0. The third kappa shape index (κ3) is 7.17. The molecule has 1 rings (SSSR count). The molecule has 1 unspecified atom stereocenters. The lowest BCUT2D eigenvalue weighted by Gasteiger charge is -2.15. The summed E-state index contributed by atoms with van der Waals surface area (Å²) in [6.45, 7) is 0.528. The molecule has 0 radical (unpaired) electrons. The summed E-state index contributed by atoms with van der Waals surface area (Å²) in [7, 11) is 1.66. The van der Waals surface area contributed by atoms with E-state index in [0.717, 1.165) is 17.1 Å². The van der Waals surface area contributed by atoms with Crippen LogP contribution in [-0.2, 0) is 9.53 Å². The number of halogens is 1. The van der Waals surface area contributed by atoms with Gasteiger partial charge >= 0.3 is 0 Å². The Bertz CT molecular complexity index is 401. The van der Waals surface area contributed by atoms with Gasteiger partial charge < -0.3 is 10.1 Å². The highest BCUT2D eigenvalue weighted by molar-refractivity contribution is 8.00. The van der Waals surface area contributed by atoms with Crippen molar-refractivity contribution in [2.45, 2.75) is 17.4 Å². The first-order valence-electron chi connectivity index (χ1n) is 6.32. The van der Waals surface area contributed by atoms with Crippen LogP contribution in [0.15, 0.2) is 29.2 Å². The maximum atomic E-state index is 12.7. The molecule has 6 heteroatoms. The van der Waals surface area contributed by atoms with Crippen LogP contribution in [-0.4, -0.2) is 43.4 Å². The van der Waals surface area contributed by atoms with Crippen molar-refractivity contribution >= 4 is 29.4 Å². The van der Waals surface area contributed by atoms with Crippen molar-refractivity contribution in [1.29, 1.82) is 0 Å². The molecule has 0 fully saturated rings. The Hall–Kier alpha value is -0.720. The van der Waals surface area contributed by atoms with E-state index in [2.05, 4.69) is 5.32 Å². The van der Waals surface area contributed by atoms with Crippen LogP contribution in [0.1, 0.15) is 6.42 Å². The van der Waals surface area contributed by atoms with Crippen molar-refractivity contribution in [2.75, 3.05) is 31.4 Å². The molecular weight excluding hydrogens is 297 g/mol. The number of hydrogen-bond acceptors (Lipinski definition) is 4. The van der Waals surface area contributed by atoms with E-state index in [0.29, 0.717) is 12.3 Å². The normalized spacial score (nSPS) is 12.2. The van der Waals surface area contributed by atoms with Gasteiger partial charge in [0.25, 0.3) is 0 Å². The van der Waals surface area contributed by atoms with Gasteiger partial charge in [0.05, 0.1) is 11.9 Å². The first-order chi connectivity index (χ1) is 9.65. The molecule has 20 heavy (non-hydrogen) atoms. The number of thioether (sulfide) groups is 2. The second kappa shape index (κ2) is 10.1. The van der Waals surface area contributed by atoms with Gasteiger partial charge in [0, 0.05) is 18.6 Å². The van der Waals surface area contributed by atoms with Crippen LogP contribution in [0.2, 0.25) is 0 Å². The van der Waals surface area contributed by atoms with Crippen molar-refractivity contribution in [3.8, 4) is 0 Å². The van der Waals surface area contributed by atoms with Crippen LogP contribution in [0.5, 0.6) is 0 Å². The molecule has 3 nitrogen and oxygen atoms in total. The van der Waals surface area contributed by atoms with Gasteiger partial charge in [0.2, 0.25) is 5.91 Å². The monoisotopic (exact) mass is 317 g/mol. The lowest BCUT2D eigenvalue weighted by atomic mass is 10.3. The number of rotatable bonds is 9. The molecule has 1 atom stereocenters. The van der Waals surface area contributed by atoms with Crippen LogP contribution >= 0.6 is 23.5 Å². The van der Waals surface area contributed by atoms with Gasteiger partial charge in [-0.2, -0.15) is 11.8 Å². The fourth-order valence-corrected chi connectivity index (χ4v) is 2.74. The SMILES string of the molecule is COC(CCSC)CNC(=O)CSc1ccc(F)cc1. The van der Waals surface area contributed by atoms with Gasteiger partial charge in [-0.05, 0) is 42.7 Å². The molecule has 1 amide bonds. The highest BCUT2D eigenvalue weighted by Gasteiger charge is 2.09. The Morgan fingerprint density at radius 3 is 2.70 bits per heavy atom. The molecular formula is C14H20FNO2S2. The van der Waals surface area contributed by atoms with Crippen LogP contribution in [0.3, 0.4) is 0 Å². The predicted molar refractivity (Wildman–Crippen MR) is 83.9 cm³/mol. The Morgan fingerprint density at radius 1 is 1.40 bits per heavy atom. The average Bonchev–Trinajstić information content (AvgIpc) is 2.47. The zero-order chi connectivity index (χ0) is 14.8. The first-order valence-corrected chi connectivity index (χ1v) is 8.70. The molecule has 1 aromatic rings. The van der Waals surface area contributed by atoms with Crippen LogP contribution < -0.4 is 5.32 Å². The lowest BCUT2D eigenvalue weighted by molar-refractivity contribution is -0.119. The highest BCUT2D eigenvalue weighted by atomic mass is 32.2. The number of benzene rings is 1. The quantitative estimate of drug-likeness (QED) is 0.711. The molecule has 0 spiro atoms. The second-order valence-electron chi connectivity index (χ2n) is 4.19. The van der Waals surface area contributed by atoms with E-state index in [4.69, 9.17) is 4.74 Å². The molecule has 1 N–H and O–H groups in total. The van der Waals surface area contributed by atoms with Crippen LogP contribution in [0, 0.1) is 5.82 Å². The van der Waals surface area contributed by atoms with Gasteiger partial charge in [0.1, 0.15) is 5.82 Å². The molecule has 0 aliphatic carbocycles. The topological polar surface area (TPSA) is 38.3 Å². The van der Waals surface area contributed by atoms with Crippen molar-refractivity contribution in [3.05, 3.63) is 30.1 Å². The minimum atomic E-state index is -0.268. The van der Waals surface area contributed by atoms with E-state index in [9.17, 15) is 9.18 Å². The summed E-state index contributed by atoms with van der Waals surface area (Å²) in [6.07, 6.45) is 3.02. The Labute approximate surface area is 128 Å². The molecule has 0 heterocycles. The number of hydrogen-bond donors (Lipinski definition) is 1. The lowest BCUT2D eigenvalue weighted by Crippen LogP contribution is -2.34. The standard InChI is InChI=1S/C14H20FNO2S2/c1-18-12(7-8-19-2)9-16-14(17)10-20-13-5-3-11(15)4-6-13/h3-6,12H,7-10H2,1-2H3,(H,16,17). The molecule has 0 aliphatic rings. The Kier molecular flexibility index (Phi) is 8.73. The van der Waals surface area contributed by atoms with Crippen molar-refractivity contribution in [2.24, 2.45) is 0 Å². The Balaban J connectivity index is 2.24. The van der Waals surface area contributed by atoms with Crippen molar-refractivity contribution in [1.82, 2.24) is 5.32 Å². The average molecular weight is 317 g/mol. The minimum absolute atomic E-state index is 0.0365. The maximum Gasteiger partial charge on any atom is 0.230 e. The summed E-state index contributed by atoms with van der Waals surface area (Å²) >= 11 is 3.15. The first kappa shape index (κ1) is 17.3. The van der Waals surface area contributed by atoms with Crippen LogP contribution in [0.25, 0.3) is 0 Å². The third-order valence-electron chi connectivity index (χ3n) is 2.69. The smallest absolute Gasteiger partial charge is 0.230 e. The maximum absolute atomic E-state index is 12.7. The number of carbonyl (C=O) groups excluding carboxylic acids is 1. The number of methoxy groups -OCH3 is 1. The fourth-order valence-electron chi connectivity index (χ4n) is 1.51. The summed E-state index contributed by atoms with van der Waals surface area (Å²) in [6, 6.07) is 6.13. The van der Waals surface area contributed by atoms with Gasteiger partial charge in [-0.25, -0.2) is 4.39 Å². The fraction of sp³-hybridized carbons (Fsp3) is 0.500. The third-order valence-corrected chi connectivity index (χ3v) is 4.34. The van der Waals surface area contributed by atoms with E-state index in [1.807, 2.05) is 6.26 Å². The van der Waals surface area contributed by atoms with Gasteiger partial charge in [-0.1, -0.05) is 0 Å². The number of amides is 1. The zero-order valence-corrected chi connectivity index (χ0v) is 13.4. The second-order valence-corrected chi connectivity index (χ2v) is 6.22. The van der Waals surface area contributed by atoms with Crippen LogP contribution in [0.4, 0.5) is 4.39 Å². The number of ether oxygens (including phenoxy) is 1. The van der Waals surface area contributed by atoms with Gasteiger partial charge in [0.15, 0.2) is 0 Å². The molecule has 0 saturated carbocycles. The van der Waals surface area contributed by atoms with E-state index >= 15 is 0 Å². The molecule has 0 aromatic heterocycles. The molecule has 0 aliphatic heterocycles. The molecule has 0 saturated heterocycles. The zero-order valence-electron chi connectivity index (χ0n) is 11.7. The predicted octanol–water partition coefficient (Wildman–Crippen LogP) is 2.80. The van der Waals surface area contributed by atoms with E-state index < -0.39 is 0 Å². The highest BCUT2D eigenvalue weighted by Crippen LogP contribution is 2.17. The van der Waals surface area contributed by atoms with E-state index in [-0.39, 0.29) is 17.8 Å². The largest absolute Gasteiger partial charge is 0.380 e. The summed E-state index contributed by atoms with van der Waals surface area (Å²) < 4.78 is 18.0. The molecule has 112 valence electrons. The minimum Gasteiger partial charge on any atom is -0.380 e. The van der Waals surface area contributed by atoms with E-state index in [1.165, 1.54) is 23.9 Å². The summed E-state index contributed by atoms with van der Waals surface area (Å²) in [5.74, 6) is 1.03. The Morgan fingerprint density at radius 2 is 2.10 bits per heavy atom. The van der Waals surface area contributed by atoms with Crippen molar-refractivity contribution < 1.29 is 13.9 Å². The van der Waals surface area contributed by atoms with E-state index in [1.54, 1.807) is 31.0 Å². The van der Waals surface area contributed by atoms with Gasteiger partial charge in [-0.15, -0.1) is 11.8 Å². The van der Waals surface area contributed by atoms with Crippen molar-refractivity contribution in [3.63, 3.8) is 0 Å². The molecule has 1 aromatic carbocycles. The number of carbonyl (C=O) groups is 1. The number of nitrogens with one attached hydrogen (secondary N) is 1. The summed E-state index contributed by atoms with van der Waals surface area (Å²) in [4.78, 5) is 12.6.